The van der Waals surface area contributed by atoms with Gasteiger partial charge in [0.15, 0.2) is 0 Å². The molecule has 2 aliphatic rings. The molecule has 7 heteroatoms. The van der Waals surface area contributed by atoms with Crippen LogP contribution in [-0.2, 0) is 17.1 Å². The first-order chi connectivity index (χ1) is 9.36. The second kappa shape index (κ2) is 4.60. The number of aryl methyl sites for hydroxylation is 1. The number of rotatable bonds is 5. The number of amides is 1. The molecule has 2 fully saturated rings. The van der Waals surface area contributed by atoms with E-state index in [9.17, 15) is 13.2 Å². The van der Waals surface area contributed by atoms with Crippen molar-refractivity contribution in [2.45, 2.75) is 36.6 Å². The summed E-state index contributed by atoms with van der Waals surface area (Å²) in [6.07, 6.45) is 5.86. The maximum Gasteiger partial charge on any atom is 0.270 e. The first kappa shape index (κ1) is 13.6. The highest BCUT2D eigenvalue weighted by Crippen LogP contribution is 2.35. The zero-order valence-corrected chi connectivity index (χ0v) is 12.3. The van der Waals surface area contributed by atoms with E-state index in [0.717, 1.165) is 19.4 Å². The Morgan fingerprint density at radius 1 is 1.40 bits per heavy atom. The minimum Gasteiger partial charge on any atom is -0.345 e. The van der Waals surface area contributed by atoms with Crippen molar-refractivity contribution in [2.75, 3.05) is 6.54 Å². The minimum absolute atomic E-state index is 0.00878. The van der Waals surface area contributed by atoms with Crippen LogP contribution in [-0.4, -0.2) is 36.4 Å². The average molecular weight is 297 g/mol. The average Bonchev–Trinajstić information content (AvgIpc) is 3.23. The largest absolute Gasteiger partial charge is 0.345 e. The lowest BCUT2D eigenvalue weighted by atomic mass is 10.3. The fraction of sp³-hybridized carbons (Fsp3) is 0.615. The van der Waals surface area contributed by atoms with E-state index in [1.54, 1.807) is 11.6 Å². The summed E-state index contributed by atoms with van der Waals surface area (Å²) < 4.78 is 24.3. The topological polar surface area (TPSA) is 85.4 Å². The molecule has 0 aliphatic heterocycles. The molecular weight excluding hydrogens is 278 g/mol. The van der Waals surface area contributed by atoms with Crippen LogP contribution in [0.1, 0.15) is 36.2 Å². The SMILES string of the molecule is Cn1cc(S(N)(=O)=O)cc1C(=O)N(CC1CC1)C1CC1. The van der Waals surface area contributed by atoms with E-state index in [1.165, 1.54) is 25.1 Å². The van der Waals surface area contributed by atoms with Crippen LogP contribution in [0.3, 0.4) is 0 Å². The Morgan fingerprint density at radius 2 is 2.05 bits per heavy atom. The molecule has 0 bridgehead atoms. The molecule has 0 radical (unpaired) electrons. The number of carbonyl (C=O) groups excluding carboxylic acids is 1. The summed E-state index contributed by atoms with van der Waals surface area (Å²) in [6.45, 7) is 0.791. The van der Waals surface area contributed by atoms with Gasteiger partial charge < -0.3 is 9.47 Å². The zero-order valence-electron chi connectivity index (χ0n) is 11.4. The minimum atomic E-state index is -3.77. The van der Waals surface area contributed by atoms with Crippen molar-refractivity contribution in [2.24, 2.45) is 18.1 Å². The highest BCUT2D eigenvalue weighted by molar-refractivity contribution is 7.89. The standard InChI is InChI=1S/C13H19N3O3S/c1-15-8-11(20(14,18)19)6-12(15)13(17)16(10-4-5-10)7-9-2-3-9/h6,8-10H,2-5,7H2,1H3,(H2,14,18,19). The highest BCUT2D eigenvalue weighted by Gasteiger charge is 2.37. The Bertz CT molecular complexity index is 642. The van der Waals surface area contributed by atoms with Gasteiger partial charge >= 0.3 is 0 Å². The molecule has 110 valence electrons. The molecule has 0 saturated heterocycles. The van der Waals surface area contributed by atoms with Crippen LogP contribution in [0.25, 0.3) is 0 Å². The van der Waals surface area contributed by atoms with Crippen molar-refractivity contribution in [3.05, 3.63) is 18.0 Å². The second-order valence-corrected chi connectivity index (χ2v) is 7.41. The number of carbonyl (C=O) groups is 1. The smallest absolute Gasteiger partial charge is 0.270 e. The van der Waals surface area contributed by atoms with Gasteiger partial charge in [-0.25, -0.2) is 13.6 Å². The van der Waals surface area contributed by atoms with Crippen LogP contribution < -0.4 is 5.14 Å². The molecule has 1 amide bonds. The molecule has 1 aromatic heterocycles. The van der Waals surface area contributed by atoms with Gasteiger partial charge in [0.2, 0.25) is 10.0 Å². The number of sulfonamides is 1. The van der Waals surface area contributed by atoms with Gasteiger partial charge in [-0.1, -0.05) is 0 Å². The number of primary sulfonamides is 1. The number of nitrogens with two attached hydrogens (primary N) is 1. The van der Waals surface area contributed by atoms with Gasteiger partial charge in [0.05, 0.1) is 0 Å². The molecule has 2 saturated carbocycles. The Hall–Kier alpha value is -1.34. The molecule has 2 aliphatic carbocycles. The van der Waals surface area contributed by atoms with Crippen LogP contribution in [0, 0.1) is 5.92 Å². The van der Waals surface area contributed by atoms with Crippen molar-refractivity contribution < 1.29 is 13.2 Å². The molecule has 1 aromatic rings. The van der Waals surface area contributed by atoms with Crippen molar-refractivity contribution in [1.82, 2.24) is 9.47 Å². The van der Waals surface area contributed by atoms with E-state index in [0.29, 0.717) is 17.7 Å². The third-order valence-corrected chi connectivity index (χ3v) is 4.81. The predicted molar refractivity (Wildman–Crippen MR) is 73.6 cm³/mol. The lowest BCUT2D eigenvalue weighted by molar-refractivity contribution is 0.0725. The molecule has 6 nitrogen and oxygen atoms in total. The molecule has 0 unspecified atom stereocenters. The third-order valence-electron chi connectivity index (χ3n) is 3.93. The molecule has 20 heavy (non-hydrogen) atoms. The van der Waals surface area contributed by atoms with Crippen LogP contribution in [0.4, 0.5) is 0 Å². The van der Waals surface area contributed by atoms with Crippen LogP contribution in [0.2, 0.25) is 0 Å². The fourth-order valence-corrected chi connectivity index (χ4v) is 2.99. The van der Waals surface area contributed by atoms with Gasteiger partial charge in [-0.3, -0.25) is 4.79 Å². The Kier molecular flexibility index (Phi) is 3.13. The van der Waals surface area contributed by atoms with Gasteiger partial charge in [-0.05, 0) is 37.7 Å². The maximum absolute atomic E-state index is 12.6. The highest BCUT2D eigenvalue weighted by atomic mass is 32.2. The normalized spacial score (nSPS) is 19.1. The quantitative estimate of drug-likeness (QED) is 0.867. The lowest BCUT2D eigenvalue weighted by Gasteiger charge is -2.22. The van der Waals surface area contributed by atoms with Crippen molar-refractivity contribution in [3.8, 4) is 0 Å². The number of nitrogens with zero attached hydrogens (tertiary/aromatic N) is 2. The monoisotopic (exact) mass is 297 g/mol. The van der Waals surface area contributed by atoms with Crippen LogP contribution in [0.15, 0.2) is 17.2 Å². The van der Waals surface area contributed by atoms with Gasteiger partial charge in [0.1, 0.15) is 10.6 Å². The second-order valence-electron chi connectivity index (χ2n) is 5.85. The van der Waals surface area contributed by atoms with Crippen molar-refractivity contribution >= 4 is 15.9 Å². The van der Waals surface area contributed by atoms with Crippen molar-refractivity contribution in [1.29, 1.82) is 0 Å². The van der Waals surface area contributed by atoms with Crippen molar-refractivity contribution in [3.63, 3.8) is 0 Å². The summed E-state index contributed by atoms with van der Waals surface area (Å²) in [5, 5.41) is 5.11. The van der Waals surface area contributed by atoms with E-state index in [1.807, 2.05) is 4.90 Å². The van der Waals surface area contributed by atoms with E-state index in [2.05, 4.69) is 0 Å². The lowest BCUT2D eigenvalue weighted by Crippen LogP contribution is -2.35. The number of aromatic nitrogens is 1. The molecule has 2 N–H and O–H groups in total. The maximum atomic E-state index is 12.6. The summed E-state index contributed by atoms with van der Waals surface area (Å²) in [4.78, 5) is 14.5. The summed E-state index contributed by atoms with van der Waals surface area (Å²) in [7, 11) is -2.10. The summed E-state index contributed by atoms with van der Waals surface area (Å²) in [6, 6.07) is 1.70. The first-order valence-corrected chi connectivity index (χ1v) is 8.41. The number of hydrogen-bond acceptors (Lipinski definition) is 3. The Balaban J connectivity index is 1.86. The fourth-order valence-electron chi connectivity index (χ4n) is 2.41. The molecule has 1 heterocycles. The molecule has 0 spiro atoms. The van der Waals surface area contributed by atoms with Gasteiger partial charge in [0, 0.05) is 25.8 Å². The predicted octanol–water partition coefficient (Wildman–Crippen LogP) is 0.687. The van der Waals surface area contributed by atoms with E-state index >= 15 is 0 Å². The van der Waals surface area contributed by atoms with E-state index in [4.69, 9.17) is 5.14 Å². The third kappa shape index (κ3) is 2.73. The molecule has 0 atom stereocenters. The summed E-state index contributed by atoms with van der Waals surface area (Å²) in [5.74, 6) is 0.536. The Labute approximate surface area is 118 Å². The zero-order chi connectivity index (χ0) is 14.5. The first-order valence-electron chi connectivity index (χ1n) is 6.86. The molecule has 0 aromatic carbocycles. The Morgan fingerprint density at radius 3 is 2.50 bits per heavy atom. The van der Waals surface area contributed by atoms with Gasteiger partial charge in [-0.2, -0.15) is 0 Å². The van der Waals surface area contributed by atoms with E-state index < -0.39 is 10.0 Å². The van der Waals surface area contributed by atoms with Gasteiger partial charge in [-0.15, -0.1) is 0 Å². The molecular formula is C13H19N3O3S. The van der Waals surface area contributed by atoms with Crippen LogP contribution >= 0.6 is 0 Å². The van der Waals surface area contributed by atoms with E-state index in [-0.39, 0.29) is 10.8 Å². The summed E-state index contributed by atoms with van der Waals surface area (Å²) in [5.41, 5.74) is 0.390. The molecule has 3 rings (SSSR count). The number of hydrogen-bond donors (Lipinski definition) is 1. The summed E-state index contributed by atoms with van der Waals surface area (Å²) >= 11 is 0. The van der Waals surface area contributed by atoms with Gasteiger partial charge in [0.25, 0.3) is 5.91 Å². The van der Waals surface area contributed by atoms with Crippen LogP contribution in [0.5, 0.6) is 0 Å².